The third kappa shape index (κ3) is 2.59. The monoisotopic (exact) mass is 275 g/mol. The molecule has 0 aliphatic heterocycles. The van der Waals surface area contributed by atoms with E-state index in [1.165, 1.54) is 0 Å². The van der Waals surface area contributed by atoms with Gasteiger partial charge in [0.15, 0.2) is 0 Å². The average Bonchev–Trinajstić information content (AvgIpc) is 2.44. The van der Waals surface area contributed by atoms with Crippen LogP contribution in [0.15, 0.2) is 30.3 Å². The van der Waals surface area contributed by atoms with Gasteiger partial charge in [0.05, 0.1) is 0 Å². The Morgan fingerprint density at radius 3 is 2.60 bits per heavy atom. The molecule has 1 fully saturated rings. The standard InChI is InChI=1S/C17H25NO2/c1-4-15(19)20-17(14-9-6-5-7-10-14)12-8-11-16(3,18)13(17)2/h5-7,9-10,13H,4,8,11-12,18H2,1-3H3/t13?,16-,17?/m1/s1. The minimum atomic E-state index is -0.587. The molecule has 0 aromatic heterocycles. The number of esters is 1. The minimum absolute atomic E-state index is 0.0849. The van der Waals surface area contributed by atoms with Gasteiger partial charge in [0, 0.05) is 17.9 Å². The van der Waals surface area contributed by atoms with Crippen molar-refractivity contribution in [3.63, 3.8) is 0 Å². The van der Waals surface area contributed by atoms with Crippen molar-refractivity contribution in [1.82, 2.24) is 0 Å². The molecule has 2 N–H and O–H groups in total. The van der Waals surface area contributed by atoms with Gasteiger partial charge in [-0.25, -0.2) is 0 Å². The van der Waals surface area contributed by atoms with Gasteiger partial charge in [-0.1, -0.05) is 44.2 Å². The van der Waals surface area contributed by atoms with Crippen molar-refractivity contribution in [2.75, 3.05) is 0 Å². The van der Waals surface area contributed by atoms with Gasteiger partial charge in [-0.05, 0) is 31.7 Å². The van der Waals surface area contributed by atoms with Gasteiger partial charge in [0.1, 0.15) is 5.60 Å². The fourth-order valence-corrected chi connectivity index (χ4v) is 3.29. The Hall–Kier alpha value is -1.35. The summed E-state index contributed by atoms with van der Waals surface area (Å²) in [5.41, 5.74) is 6.62. The van der Waals surface area contributed by atoms with Crippen molar-refractivity contribution in [2.24, 2.45) is 11.7 Å². The van der Waals surface area contributed by atoms with E-state index < -0.39 is 5.60 Å². The molecule has 1 aromatic rings. The van der Waals surface area contributed by atoms with Gasteiger partial charge >= 0.3 is 5.97 Å². The van der Waals surface area contributed by atoms with Gasteiger partial charge in [0.25, 0.3) is 0 Å². The first-order valence-corrected chi connectivity index (χ1v) is 7.48. The summed E-state index contributed by atoms with van der Waals surface area (Å²) in [6, 6.07) is 10.0. The van der Waals surface area contributed by atoms with E-state index in [4.69, 9.17) is 10.5 Å². The van der Waals surface area contributed by atoms with Gasteiger partial charge in [-0.3, -0.25) is 4.79 Å². The van der Waals surface area contributed by atoms with Crippen LogP contribution >= 0.6 is 0 Å². The van der Waals surface area contributed by atoms with E-state index in [9.17, 15) is 4.79 Å². The molecule has 3 atom stereocenters. The van der Waals surface area contributed by atoms with Crippen LogP contribution < -0.4 is 5.73 Å². The lowest BCUT2D eigenvalue weighted by molar-refractivity contribution is -0.177. The second-order valence-electron chi connectivity index (χ2n) is 6.16. The third-order valence-electron chi connectivity index (χ3n) is 4.80. The Morgan fingerprint density at radius 1 is 1.35 bits per heavy atom. The summed E-state index contributed by atoms with van der Waals surface area (Å²) in [5, 5.41) is 0. The number of rotatable bonds is 3. The fraction of sp³-hybridized carbons (Fsp3) is 0.588. The van der Waals surface area contributed by atoms with Gasteiger partial charge in [-0.15, -0.1) is 0 Å². The zero-order valence-corrected chi connectivity index (χ0v) is 12.7. The lowest BCUT2D eigenvalue weighted by Gasteiger charge is -2.50. The largest absolute Gasteiger partial charge is 0.454 e. The minimum Gasteiger partial charge on any atom is -0.454 e. The van der Waals surface area contributed by atoms with E-state index in [1.807, 2.05) is 37.3 Å². The molecule has 1 aliphatic rings. The molecule has 0 radical (unpaired) electrons. The predicted octanol–water partition coefficient (Wildman–Crippen LogP) is 3.37. The Labute approximate surface area is 121 Å². The van der Waals surface area contributed by atoms with Crippen LogP contribution in [0.25, 0.3) is 0 Å². The number of carbonyl (C=O) groups is 1. The molecule has 1 aliphatic carbocycles. The van der Waals surface area contributed by atoms with Crippen LogP contribution in [0, 0.1) is 5.92 Å². The highest BCUT2D eigenvalue weighted by Crippen LogP contribution is 2.48. The summed E-state index contributed by atoms with van der Waals surface area (Å²) >= 11 is 0. The summed E-state index contributed by atoms with van der Waals surface area (Å²) in [6.07, 6.45) is 3.18. The van der Waals surface area contributed by atoms with E-state index >= 15 is 0 Å². The fourth-order valence-electron chi connectivity index (χ4n) is 3.29. The van der Waals surface area contributed by atoms with Crippen molar-refractivity contribution in [1.29, 1.82) is 0 Å². The van der Waals surface area contributed by atoms with Crippen molar-refractivity contribution >= 4 is 5.97 Å². The maximum Gasteiger partial charge on any atom is 0.306 e. The molecule has 3 heteroatoms. The number of hydrogen-bond acceptors (Lipinski definition) is 3. The highest BCUT2D eigenvalue weighted by atomic mass is 16.6. The topological polar surface area (TPSA) is 52.3 Å². The maximum absolute atomic E-state index is 12.0. The lowest BCUT2D eigenvalue weighted by Crippen LogP contribution is -2.57. The first-order valence-electron chi connectivity index (χ1n) is 7.48. The molecule has 1 saturated carbocycles. The van der Waals surface area contributed by atoms with E-state index in [0.717, 1.165) is 24.8 Å². The summed E-state index contributed by atoms with van der Waals surface area (Å²) in [4.78, 5) is 12.0. The summed E-state index contributed by atoms with van der Waals surface area (Å²) < 4.78 is 5.94. The molecule has 2 unspecified atom stereocenters. The lowest BCUT2D eigenvalue weighted by atomic mass is 9.63. The zero-order valence-electron chi connectivity index (χ0n) is 12.7. The molecular weight excluding hydrogens is 250 g/mol. The summed E-state index contributed by atoms with van der Waals surface area (Å²) in [6.45, 7) is 6.00. The molecule has 20 heavy (non-hydrogen) atoms. The van der Waals surface area contributed by atoms with Crippen LogP contribution in [0.3, 0.4) is 0 Å². The van der Waals surface area contributed by atoms with Crippen molar-refractivity contribution < 1.29 is 9.53 Å². The molecule has 0 spiro atoms. The smallest absolute Gasteiger partial charge is 0.306 e. The molecule has 3 nitrogen and oxygen atoms in total. The summed E-state index contributed by atoms with van der Waals surface area (Å²) in [5.74, 6) is -0.0694. The van der Waals surface area contributed by atoms with E-state index in [2.05, 4.69) is 13.8 Å². The second-order valence-corrected chi connectivity index (χ2v) is 6.16. The molecule has 1 aromatic carbocycles. The first-order chi connectivity index (χ1) is 9.42. The van der Waals surface area contributed by atoms with Crippen LogP contribution in [0.5, 0.6) is 0 Å². The normalized spacial score (nSPS) is 33.7. The van der Waals surface area contributed by atoms with Crippen LogP contribution in [0.2, 0.25) is 0 Å². The number of carbonyl (C=O) groups excluding carboxylic acids is 1. The Morgan fingerprint density at radius 2 is 2.00 bits per heavy atom. The zero-order chi connectivity index (χ0) is 14.8. The number of benzene rings is 1. The Balaban J connectivity index is 2.46. The van der Waals surface area contributed by atoms with Crippen LogP contribution in [-0.2, 0) is 15.1 Å². The molecule has 110 valence electrons. The molecule has 0 heterocycles. The van der Waals surface area contributed by atoms with Gasteiger partial charge in [0.2, 0.25) is 0 Å². The first kappa shape index (κ1) is 15.0. The van der Waals surface area contributed by atoms with Gasteiger partial charge < -0.3 is 10.5 Å². The molecular formula is C17H25NO2. The average molecular weight is 275 g/mol. The number of hydrogen-bond donors (Lipinski definition) is 1. The summed E-state index contributed by atoms with van der Waals surface area (Å²) in [7, 11) is 0. The highest BCUT2D eigenvalue weighted by molar-refractivity contribution is 5.69. The van der Waals surface area contributed by atoms with E-state index in [0.29, 0.717) is 6.42 Å². The Kier molecular flexibility index (Phi) is 4.19. The van der Waals surface area contributed by atoms with E-state index in [1.54, 1.807) is 0 Å². The number of ether oxygens (including phenoxy) is 1. The highest BCUT2D eigenvalue weighted by Gasteiger charge is 2.51. The molecule has 0 amide bonds. The van der Waals surface area contributed by atoms with E-state index in [-0.39, 0.29) is 17.4 Å². The molecule has 0 saturated heterocycles. The van der Waals surface area contributed by atoms with Crippen molar-refractivity contribution in [3.05, 3.63) is 35.9 Å². The van der Waals surface area contributed by atoms with Gasteiger partial charge in [-0.2, -0.15) is 0 Å². The van der Waals surface area contributed by atoms with Crippen molar-refractivity contribution in [2.45, 2.75) is 57.6 Å². The molecule has 2 rings (SSSR count). The maximum atomic E-state index is 12.0. The van der Waals surface area contributed by atoms with Crippen LogP contribution in [-0.4, -0.2) is 11.5 Å². The quantitative estimate of drug-likeness (QED) is 0.860. The predicted molar refractivity (Wildman–Crippen MR) is 80.1 cm³/mol. The van der Waals surface area contributed by atoms with Crippen molar-refractivity contribution in [3.8, 4) is 0 Å². The Bertz CT molecular complexity index is 469. The SMILES string of the molecule is CCC(=O)OC1(c2ccccc2)CCC[C@@](C)(N)C1C. The third-order valence-corrected chi connectivity index (χ3v) is 4.80. The van der Waals surface area contributed by atoms with Crippen LogP contribution in [0.1, 0.15) is 52.0 Å². The van der Waals surface area contributed by atoms with Crippen LogP contribution in [0.4, 0.5) is 0 Å². The number of nitrogens with two attached hydrogens (primary N) is 1. The second kappa shape index (κ2) is 5.57. The molecule has 0 bridgehead atoms.